The van der Waals surface area contributed by atoms with Gasteiger partial charge in [0.15, 0.2) is 0 Å². The van der Waals surface area contributed by atoms with Gasteiger partial charge in [0.2, 0.25) is 0 Å². The fraction of sp³-hybridized carbons (Fsp3) is 0.357. The van der Waals surface area contributed by atoms with Crippen molar-refractivity contribution in [2.45, 2.75) is 12.5 Å². The molecule has 2 aromatic rings. The van der Waals surface area contributed by atoms with Crippen LogP contribution in [0.2, 0.25) is 0 Å². The van der Waals surface area contributed by atoms with Crippen LogP contribution < -0.4 is 5.32 Å². The number of nitrogens with one attached hydrogen (secondary N) is 1. The van der Waals surface area contributed by atoms with E-state index in [1.54, 1.807) is 28.5 Å². The second-order valence-electron chi connectivity index (χ2n) is 4.38. The first-order valence-corrected chi connectivity index (χ1v) is 9.73. The van der Waals surface area contributed by atoms with E-state index in [0.717, 1.165) is 16.3 Å². The number of methoxy groups -OCH3 is 1. The summed E-state index contributed by atoms with van der Waals surface area (Å²) in [5.41, 5.74) is 1.32. The number of amides is 1. The summed E-state index contributed by atoms with van der Waals surface area (Å²) < 4.78 is 4.73. The smallest absolute Gasteiger partial charge is 0.328 e. The number of nitrogens with zero attached hydrogens (tertiary/aromatic N) is 1. The first kappa shape index (κ1) is 17.0. The Hall–Kier alpha value is -1.38. The Morgan fingerprint density at radius 1 is 1.45 bits per heavy atom. The van der Waals surface area contributed by atoms with E-state index in [1.165, 1.54) is 18.4 Å². The van der Waals surface area contributed by atoms with Gasteiger partial charge < -0.3 is 10.1 Å². The van der Waals surface area contributed by atoms with Crippen LogP contribution in [-0.4, -0.2) is 42.0 Å². The van der Waals surface area contributed by atoms with E-state index in [0.29, 0.717) is 12.1 Å². The third kappa shape index (κ3) is 4.31. The second-order valence-corrected chi connectivity index (χ2v) is 7.00. The topological polar surface area (TPSA) is 68.3 Å². The Bertz CT molecular complexity index is 625. The summed E-state index contributed by atoms with van der Waals surface area (Å²) in [7, 11) is 1.32. The summed E-state index contributed by atoms with van der Waals surface area (Å²) in [5, 5.41) is 9.14. The number of thioether (sulfide) groups is 1. The molecule has 2 heterocycles. The molecule has 0 aliphatic carbocycles. The molecule has 0 aliphatic rings. The van der Waals surface area contributed by atoms with Crippen molar-refractivity contribution in [2.75, 3.05) is 19.1 Å². The predicted molar refractivity (Wildman–Crippen MR) is 91.7 cm³/mol. The molecule has 0 bridgehead atoms. The molecule has 8 heteroatoms. The lowest BCUT2D eigenvalue weighted by Gasteiger charge is -2.15. The normalized spacial score (nSPS) is 11.9. The molecular weight excluding hydrogens is 340 g/mol. The van der Waals surface area contributed by atoms with Crippen molar-refractivity contribution in [1.29, 1.82) is 0 Å². The summed E-state index contributed by atoms with van der Waals surface area (Å²) in [5.74, 6) is -0.0259. The highest BCUT2D eigenvalue weighted by Crippen LogP contribution is 2.25. The van der Waals surface area contributed by atoms with Gasteiger partial charge in [0.25, 0.3) is 5.91 Å². The molecule has 2 aromatic heterocycles. The molecule has 0 aliphatic heterocycles. The van der Waals surface area contributed by atoms with Gasteiger partial charge in [0.05, 0.1) is 7.11 Å². The van der Waals surface area contributed by atoms with Crippen molar-refractivity contribution in [3.8, 4) is 10.6 Å². The molecule has 0 saturated heterocycles. The Kier molecular flexibility index (Phi) is 6.41. The molecule has 0 unspecified atom stereocenters. The summed E-state index contributed by atoms with van der Waals surface area (Å²) in [4.78, 5) is 28.3. The van der Waals surface area contributed by atoms with Gasteiger partial charge in [0.1, 0.15) is 16.7 Å². The number of hydrogen-bond donors (Lipinski definition) is 1. The monoisotopic (exact) mass is 356 g/mol. The fourth-order valence-electron chi connectivity index (χ4n) is 1.76. The molecule has 0 fully saturated rings. The van der Waals surface area contributed by atoms with Crippen LogP contribution in [0.15, 0.2) is 22.2 Å². The SMILES string of the molecule is COC(=O)[C@@H](CCSC)NC(=O)c1csc(-c2ccsc2)n1. The number of carbonyl (C=O) groups is 2. The highest BCUT2D eigenvalue weighted by molar-refractivity contribution is 7.98. The van der Waals surface area contributed by atoms with Crippen LogP contribution in [0.1, 0.15) is 16.9 Å². The van der Waals surface area contributed by atoms with E-state index in [1.807, 2.05) is 23.1 Å². The zero-order valence-corrected chi connectivity index (χ0v) is 14.6. The van der Waals surface area contributed by atoms with E-state index in [-0.39, 0.29) is 5.91 Å². The fourth-order valence-corrected chi connectivity index (χ4v) is 3.74. The van der Waals surface area contributed by atoms with Gasteiger partial charge in [-0.3, -0.25) is 4.79 Å². The third-order valence-electron chi connectivity index (χ3n) is 2.91. The molecule has 1 N–H and O–H groups in total. The summed E-state index contributed by atoms with van der Waals surface area (Å²) in [6.07, 6.45) is 2.48. The van der Waals surface area contributed by atoms with Crippen LogP contribution in [0, 0.1) is 0 Å². The zero-order valence-electron chi connectivity index (χ0n) is 12.2. The molecule has 0 aromatic carbocycles. The molecule has 2 rings (SSSR count). The molecular formula is C14H16N2O3S3. The highest BCUT2D eigenvalue weighted by atomic mass is 32.2. The van der Waals surface area contributed by atoms with Gasteiger partial charge >= 0.3 is 5.97 Å². The minimum absolute atomic E-state index is 0.323. The van der Waals surface area contributed by atoms with Crippen molar-refractivity contribution >= 4 is 46.3 Å². The number of aromatic nitrogens is 1. The second kappa shape index (κ2) is 8.30. The Morgan fingerprint density at radius 2 is 2.27 bits per heavy atom. The number of esters is 1. The predicted octanol–water partition coefficient (Wildman–Crippen LogP) is 2.90. The lowest BCUT2D eigenvalue weighted by atomic mass is 10.2. The average Bonchev–Trinajstić information content (AvgIpc) is 3.20. The van der Waals surface area contributed by atoms with Crippen molar-refractivity contribution in [2.24, 2.45) is 0 Å². The van der Waals surface area contributed by atoms with Gasteiger partial charge in [-0.2, -0.15) is 23.1 Å². The van der Waals surface area contributed by atoms with E-state index >= 15 is 0 Å². The molecule has 0 spiro atoms. The maximum absolute atomic E-state index is 12.2. The third-order valence-corrected chi connectivity index (χ3v) is 5.13. The van der Waals surface area contributed by atoms with Crippen LogP contribution in [0.25, 0.3) is 10.6 Å². The van der Waals surface area contributed by atoms with Gasteiger partial charge in [-0.15, -0.1) is 11.3 Å². The van der Waals surface area contributed by atoms with Crippen LogP contribution in [-0.2, 0) is 9.53 Å². The van der Waals surface area contributed by atoms with Crippen LogP contribution in [0.5, 0.6) is 0 Å². The first-order chi connectivity index (χ1) is 10.7. The summed E-state index contributed by atoms with van der Waals surface area (Å²) in [6.45, 7) is 0. The van der Waals surface area contributed by atoms with Crippen molar-refractivity contribution in [1.82, 2.24) is 10.3 Å². The van der Waals surface area contributed by atoms with Crippen molar-refractivity contribution in [3.05, 3.63) is 27.9 Å². The van der Waals surface area contributed by atoms with E-state index in [9.17, 15) is 9.59 Å². The van der Waals surface area contributed by atoms with E-state index in [2.05, 4.69) is 10.3 Å². The number of rotatable bonds is 7. The standard InChI is InChI=1S/C14H16N2O3S3/c1-19-14(18)10(4-5-20-2)15-12(17)11-8-22-13(16-11)9-3-6-21-7-9/h3,6-8,10H,4-5H2,1-2H3,(H,15,17)/t10-/m1/s1. The first-order valence-electron chi connectivity index (χ1n) is 6.51. The Labute approximate surface area is 141 Å². The average molecular weight is 356 g/mol. The molecule has 5 nitrogen and oxygen atoms in total. The van der Waals surface area contributed by atoms with Crippen LogP contribution >= 0.6 is 34.4 Å². The van der Waals surface area contributed by atoms with Gasteiger partial charge in [-0.25, -0.2) is 9.78 Å². The lowest BCUT2D eigenvalue weighted by molar-refractivity contribution is -0.142. The maximum atomic E-state index is 12.2. The van der Waals surface area contributed by atoms with Gasteiger partial charge in [0, 0.05) is 16.3 Å². The van der Waals surface area contributed by atoms with E-state index in [4.69, 9.17) is 4.74 Å². The van der Waals surface area contributed by atoms with Crippen molar-refractivity contribution < 1.29 is 14.3 Å². The molecule has 1 atom stereocenters. The minimum Gasteiger partial charge on any atom is -0.467 e. The number of thiazole rings is 1. The maximum Gasteiger partial charge on any atom is 0.328 e. The quantitative estimate of drug-likeness (QED) is 0.773. The summed E-state index contributed by atoms with van der Waals surface area (Å²) in [6, 6.07) is 1.32. The molecule has 22 heavy (non-hydrogen) atoms. The highest BCUT2D eigenvalue weighted by Gasteiger charge is 2.23. The lowest BCUT2D eigenvalue weighted by Crippen LogP contribution is -2.42. The Morgan fingerprint density at radius 3 is 2.91 bits per heavy atom. The van der Waals surface area contributed by atoms with Gasteiger partial charge in [-0.05, 0) is 29.9 Å². The summed E-state index contributed by atoms with van der Waals surface area (Å²) >= 11 is 4.60. The molecule has 0 radical (unpaired) electrons. The molecule has 118 valence electrons. The molecule has 0 saturated carbocycles. The number of hydrogen-bond acceptors (Lipinski definition) is 7. The number of carbonyl (C=O) groups excluding carboxylic acids is 2. The largest absolute Gasteiger partial charge is 0.467 e. The molecule has 1 amide bonds. The van der Waals surface area contributed by atoms with Crippen LogP contribution in [0.3, 0.4) is 0 Å². The van der Waals surface area contributed by atoms with Crippen LogP contribution in [0.4, 0.5) is 0 Å². The van der Waals surface area contributed by atoms with E-state index < -0.39 is 12.0 Å². The number of thiophene rings is 1. The Balaban J connectivity index is 2.05. The van der Waals surface area contributed by atoms with Crippen molar-refractivity contribution in [3.63, 3.8) is 0 Å². The minimum atomic E-state index is -0.642. The number of ether oxygens (including phenoxy) is 1. The zero-order chi connectivity index (χ0) is 15.9. The van der Waals surface area contributed by atoms with Gasteiger partial charge in [-0.1, -0.05) is 0 Å².